The molecule has 0 aliphatic heterocycles. The van der Waals surface area contributed by atoms with Crippen molar-refractivity contribution in [2.75, 3.05) is 10.6 Å². The Bertz CT molecular complexity index is 1240. The van der Waals surface area contributed by atoms with E-state index in [1.165, 1.54) is 24.1 Å². The zero-order valence-corrected chi connectivity index (χ0v) is 17.9. The molecule has 1 fully saturated rings. The molecule has 0 spiro atoms. The topological polar surface area (TPSA) is 78.5 Å². The summed E-state index contributed by atoms with van der Waals surface area (Å²) in [6, 6.07) is 15.5. The van der Waals surface area contributed by atoms with E-state index < -0.39 is 11.7 Å². The number of fused-ring (bicyclic) bond motifs is 1. The molecule has 1 saturated carbocycles. The normalized spacial score (nSPS) is 13.2. The maximum atomic E-state index is 12.8. The number of halogens is 3. The van der Waals surface area contributed by atoms with Crippen LogP contribution in [0.1, 0.15) is 24.0 Å². The zero-order chi connectivity index (χ0) is 23.4. The van der Waals surface area contributed by atoms with Crippen LogP contribution in [0.15, 0.2) is 73.3 Å². The molecule has 170 valence electrons. The molecule has 0 unspecified atom stereocenters. The Kier molecular flexibility index (Phi) is 6.30. The van der Waals surface area contributed by atoms with Crippen LogP contribution in [0.25, 0.3) is 10.9 Å². The number of aryl methyl sites for hydroxylation is 1. The number of hydrogen-bond acceptors (Lipinski definition) is 5. The Morgan fingerprint density at radius 3 is 2.48 bits per heavy atom. The van der Waals surface area contributed by atoms with E-state index in [9.17, 15) is 13.2 Å². The van der Waals surface area contributed by atoms with E-state index >= 15 is 0 Å². The largest absolute Gasteiger partial charge is 0.421 e. The molecule has 4 aromatic rings. The van der Waals surface area contributed by atoms with Gasteiger partial charge in [-0.05, 0) is 49.9 Å². The number of benzene rings is 2. The third-order valence-electron chi connectivity index (χ3n) is 5.15. The van der Waals surface area contributed by atoms with Gasteiger partial charge in [0.25, 0.3) is 0 Å². The van der Waals surface area contributed by atoms with Gasteiger partial charge in [0.05, 0.1) is 5.52 Å². The lowest BCUT2D eigenvalue weighted by atomic mass is 10.2. The maximum Gasteiger partial charge on any atom is 0.421 e. The third kappa shape index (κ3) is 5.68. The van der Waals surface area contributed by atoms with Crippen LogP contribution in [0.4, 0.5) is 30.5 Å². The molecule has 2 aromatic heterocycles. The molecule has 0 bridgehead atoms. The standard InChI is InChI=1S/C12H8F3N5.C12H15N/c13-12(14,15)8-5-16-6-17-11(8)18-10-7-3-1-2-4-9(7)19-20-10;1-9-3-7-12(8-4-9)13-10(2)11-5-6-11/h1-6H,(H2,16,17,18,19,20);3-4,7-8,11,13H,2,5-6H2,1H3. The molecule has 0 radical (unpaired) electrons. The second-order valence-electron chi connectivity index (χ2n) is 7.82. The van der Waals surface area contributed by atoms with Gasteiger partial charge < -0.3 is 10.6 Å². The van der Waals surface area contributed by atoms with E-state index in [1.807, 2.05) is 0 Å². The fourth-order valence-corrected chi connectivity index (χ4v) is 3.16. The van der Waals surface area contributed by atoms with Gasteiger partial charge in [0, 0.05) is 23.0 Å². The number of alkyl halides is 3. The summed E-state index contributed by atoms with van der Waals surface area (Å²) in [5.74, 6) is 0.677. The number of para-hydroxylation sites is 1. The predicted molar refractivity (Wildman–Crippen MR) is 123 cm³/mol. The molecule has 33 heavy (non-hydrogen) atoms. The van der Waals surface area contributed by atoms with Crippen LogP contribution in [0.3, 0.4) is 0 Å². The number of hydrogen-bond donors (Lipinski definition) is 3. The summed E-state index contributed by atoms with van der Waals surface area (Å²) in [4.78, 5) is 7.03. The summed E-state index contributed by atoms with van der Waals surface area (Å²) >= 11 is 0. The van der Waals surface area contributed by atoms with Crippen molar-refractivity contribution in [1.29, 1.82) is 0 Å². The van der Waals surface area contributed by atoms with Crippen LogP contribution in [0.5, 0.6) is 0 Å². The Morgan fingerprint density at radius 1 is 1.06 bits per heavy atom. The number of allylic oxidation sites excluding steroid dienone is 1. The molecule has 0 atom stereocenters. The van der Waals surface area contributed by atoms with Gasteiger partial charge in [-0.25, -0.2) is 9.97 Å². The lowest BCUT2D eigenvalue weighted by Crippen LogP contribution is -2.11. The van der Waals surface area contributed by atoms with Crippen molar-refractivity contribution < 1.29 is 13.2 Å². The van der Waals surface area contributed by atoms with Gasteiger partial charge in [-0.1, -0.05) is 36.4 Å². The van der Waals surface area contributed by atoms with Crippen LogP contribution in [0.2, 0.25) is 0 Å². The number of nitrogens with one attached hydrogen (secondary N) is 3. The lowest BCUT2D eigenvalue weighted by Gasteiger charge is -2.11. The summed E-state index contributed by atoms with van der Waals surface area (Å²) < 4.78 is 38.5. The summed E-state index contributed by atoms with van der Waals surface area (Å²) in [5.41, 5.74) is 3.40. The van der Waals surface area contributed by atoms with Gasteiger partial charge in [-0.3, -0.25) is 5.10 Å². The zero-order valence-electron chi connectivity index (χ0n) is 17.9. The monoisotopic (exact) mass is 452 g/mol. The number of nitrogens with zero attached hydrogens (tertiary/aromatic N) is 3. The fourth-order valence-electron chi connectivity index (χ4n) is 3.16. The number of H-pyrrole nitrogens is 1. The Labute approximate surface area is 189 Å². The molecule has 2 heterocycles. The summed E-state index contributed by atoms with van der Waals surface area (Å²) in [5, 5.41) is 13.3. The van der Waals surface area contributed by atoms with E-state index in [-0.39, 0.29) is 11.6 Å². The molecule has 3 N–H and O–H groups in total. The van der Waals surface area contributed by atoms with E-state index in [2.05, 4.69) is 68.6 Å². The maximum absolute atomic E-state index is 12.8. The van der Waals surface area contributed by atoms with Crippen molar-refractivity contribution in [2.24, 2.45) is 5.92 Å². The number of rotatable bonds is 5. The van der Waals surface area contributed by atoms with Crippen LogP contribution < -0.4 is 10.6 Å². The highest BCUT2D eigenvalue weighted by Gasteiger charge is 2.35. The molecule has 0 saturated heterocycles. The number of aromatic nitrogens is 4. The van der Waals surface area contributed by atoms with Crippen molar-refractivity contribution >= 4 is 28.2 Å². The van der Waals surface area contributed by atoms with Gasteiger partial charge in [-0.2, -0.15) is 18.3 Å². The summed E-state index contributed by atoms with van der Waals surface area (Å²) in [6.45, 7) is 6.12. The summed E-state index contributed by atoms with van der Waals surface area (Å²) in [6.07, 6.45) is -0.151. The van der Waals surface area contributed by atoms with Crippen LogP contribution >= 0.6 is 0 Å². The fraction of sp³-hybridized carbons (Fsp3) is 0.208. The first-order valence-corrected chi connectivity index (χ1v) is 10.4. The number of anilines is 3. The number of aromatic amines is 1. The van der Waals surface area contributed by atoms with Crippen LogP contribution in [0, 0.1) is 12.8 Å². The van der Waals surface area contributed by atoms with Gasteiger partial charge >= 0.3 is 6.18 Å². The van der Waals surface area contributed by atoms with Crippen molar-refractivity contribution in [3.05, 3.63) is 84.5 Å². The smallest absolute Gasteiger partial charge is 0.359 e. The molecule has 0 amide bonds. The summed E-state index contributed by atoms with van der Waals surface area (Å²) in [7, 11) is 0. The van der Waals surface area contributed by atoms with Crippen molar-refractivity contribution in [1.82, 2.24) is 20.2 Å². The van der Waals surface area contributed by atoms with Crippen molar-refractivity contribution in [2.45, 2.75) is 25.9 Å². The van der Waals surface area contributed by atoms with Crippen molar-refractivity contribution in [3.63, 3.8) is 0 Å². The molecule has 9 heteroatoms. The highest BCUT2D eigenvalue weighted by Crippen LogP contribution is 2.36. The van der Waals surface area contributed by atoms with E-state index in [0.717, 1.165) is 29.6 Å². The molecule has 2 aromatic carbocycles. The van der Waals surface area contributed by atoms with Gasteiger partial charge in [0.15, 0.2) is 5.82 Å². The Balaban J connectivity index is 0.000000172. The minimum atomic E-state index is -4.53. The highest BCUT2D eigenvalue weighted by molar-refractivity contribution is 5.91. The third-order valence-corrected chi connectivity index (χ3v) is 5.15. The van der Waals surface area contributed by atoms with E-state index in [1.54, 1.807) is 24.3 Å². The first-order valence-electron chi connectivity index (χ1n) is 10.4. The van der Waals surface area contributed by atoms with Gasteiger partial charge in [0.2, 0.25) is 0 Å². The molecule has 1 aliphatic rings. The Morgan fingerprint density at radius 2 is 1.79 bits per heavy atom. The quantitative estimate of drug-likeness (QED) is 0.325. The minimum absolute atomic E-state index is 0.282. The highest BCUT2D eigenvalue weighted by atomic mass is 19.4. The predicted octanol–water partition coefficient (Wildman–Crippen LogP) is 6.45. The van der Waals surface area contributed by atoms with Crippen molar-refractivity contribution in [3.8, 4) is 0 Å². The SMILES string of the molecule is C=C(Nc1ccc(C)cc1)C1CC1.FC(F)(F)c1cncnc1Nc1n[nH]c2ccccc12. The molecule has 6 nitrogen and oxygen atoms in total. The first-order chi connectivity index (χ1) is 15.8. The Hall–Kier alpha value is -3.88. The van der Waals surface area contributed by atoms with Crippen LogP contribution in [-0.2, 0) is 6.18 Å². The second-order valence-corrected chi connectivity index (χ2v) is 7.82. The van der Waals surface area contributed by atoms with Gasteiger partial charge in [0.1, 0.15) is 17.7 Å². The lowest BCUT2D eigenvalue weighted by molar-refractivity contribution is -0.137. The molecular weight excluding hydrogens is 429 g/mol. The van der Waals surface area contributed by atoms with E-state index in [4.69, 9.17) is 0 Å². The second kappa shape index (κ2) is 9.32. The molecule has 1 aliphatic carbocycles. The first kappa shape index (κ1) is 22.3. The minimum Gasteiger partial charge on any atom is -0.359 e. The molecule has 5 rings (SSSR count). The van der Waals surface area contributed by atoms with Crippen LogP contribution in [-0.4, -0.2) is 20.2 Å². The average molecular weight is 452 g/mol. The molecular formula is C24H23F3N6. The van der Waals surface area contributed by atoms with E-state index in [0.29, 0.717) is 5.39 Å². The van der Waals surface area contributed by atoms with Gasteiger partial charge in [-0.15, -0.1) is 0 Å². The average Bonchev–Trinajstić information content (AvgIpc) is 3.58.